The molecular weight excluding hydrogens is 328 g/mol. The van der Waals surface area contributed by atoms with Crippen LogP contribution in [0, 0.1) is 0 Å². The molecule has 1 amide bonds. The molecule has 24 heavy (non-hydrogen) atoms. The Morgan fingerprint density at radius 2 is 2.08 bits per heavy atom. The Morgan fingerprint density at radius 1 is 1.29 bits per heavy atom. The number of carbonyl (C=O) groups is 1. The Hall–Kier alpha value is -2.48. The van der Waals surface area contributed by atoms with Gasteiger partial charge in [-0.1, -0.05) is 18.2 Å². The number of ether oxygens (including phenoxy) is 1. The molecule has 1 aromatic carbocycles. The molecule has 0 aliphatic heterocycles. The molecule has 0 radical (unpaired) electrons. The number of aliphatic hydroxyl groups is 2. The van der Waals surface area contributed by atoms with Crippen LogP contribution in [0.25, 0.3) is 10.1 Å². The highest BCUT2D eigenvalue weighted by Crippen LogP contribution is 2.35. The van der Waals surface area contributed by atoms with Gasteiger partial charge in [0.2, 0.25) is 0 Å². The van der Waals surface area contributed by atoms with Crippen LogP contribution in [0.2, 0.25) is 0 Å². The van der Waals surface area contributed by atoms with Gasteiger partial charge in [0.15, 0.2) is 5.75 Å². The molecule has 0 aliphatic rings. The molecule has 1 unspecified atom stereocenters. The smallest absolute Gasteiger partial charge is 0.258 e. The van der Waals surface area contributed by atoms with Gasteiger partial charge in [-0.3, -0.25) is 9.78 Å². The number of hydrogen-bond donors (Lipinski definition) is 3. The van der Waals surface area contributed by atoms with E-state index in [1.807, 2.05) is 18.2 Å². The van der Waals surface area contributed by atoms with Crippen molar-refractivity contribution in [3.05, 3.63) is 53.2 Å². The van der Waals surface area contributed by atoms with Gasteiger partial charge in [0.05, 0.1) is 28.5 Å². The highest BCUT2D eigenvalue weighted by Gasteiger charge is 2.14. The molecule has 0 fully saturated rings. The molecular formula is C17H16N2O4S. The Morgan fingerprint density at radius 3 is 2.83 bits per heavy atom. The summed E-state index contributed by atoms with van der Waals surface area (Å²) in [6, 6.07) is 8.94. The molecule has 7 heteroatoms. The number of fused-ring (bicyclic) bond motifs is 1. The normalized spacial score (nSPS) is 12.2. The highest BCUT2D eigenvalue weighted by atomic mass is 32.1. The monoisotopic (exact) mass is 344 g/mol. The fourth-order valence-corrected chi connectivity index (χ4v) is 3.24. The maximum atomic E-state index is 11.4. The van der Waals surface area contributed by atoms with Crippen molar-refractivity contribution in [1.29, 1.82) is 0 Å². The summed E-state index contributed by atoms with van der Waals surface area (Å²) in [5.41, 5.74) is 6.10. The third kappa shape index (κ3) is 3.38. The molecule has 2 aromatic heterocycles. The topological polar surface area (TPSA) is 106 Å². The van der Waals surface area contributed by atoms with E-state index >= 15 is 0 Å². The van der Waals surface area contributed by atoms with E-state index in [1.165, 1.54) is 11.3 Å². The lowest BCUT2D eigenvalue weighted by Gasteiger charge is -2.13. The molecule has 0 saturated carbocycles. The first-order valence-electron chi connectivity index (χ1n) is 7.30. The van der Waals surface area contributed by atoms with Crippen LogP contribution < -0.4 is 10.5 Å². The first kappa shape index (κ1) is 16.4. The molecule has 3 rings (SSSR count). The minimum absolute atomic E-state index is 0.270. The average Bonchev–Trinajstić information content (AvgIpc) is 3.02. The lowest BCUT2D eigenvalue weighted by atomic mass is 10.1. The maximum absolute atomic E-state index is 11.4. The van der Waals surface area contributed by atoms with Crippen LogP contribution in [0.5, 0.6) is 11.5 Å². The SMILES string of the molecule is NC(=O)c1cc2c(Oc3ccccc3CC(O)CO)cncc2s1. The van der Waals surface area contributed by atoms with Gasteiger partial charge in [-0.2, -0.15) is 0 Å². The Kier molecular flexibility index (Phi) is 4.75. The number of aliphatic hydroxyl groups excluding tert-OH is 2. The van der Waals surface area contributed by atoms with Crippen LogP contribution in [-0.2, 0) is 6.42 Å². The molecule has 4 N–H and O–H groups in total. The summed E-state index contributed by atoms with van der Waals surface area (Å²) in [5, 5.41) is 19.5. The van der Waals surface area contributed by atoms with E-state index in [1.54, 1.807) is 24.5 Å². The second-order valence-corrected chi connectivity index (χ2v) is 6.36. The van der Waals surface area contributed by atoms with Crippen molar-refractivity contribution in [3.63, 3.8) is 0 Å². The zero-order valence-electron chi connectivity index (χ0n) is 12.7. The number of carbonyl (C=O) groups excluding carboxylic acids is 1. The largest absolute Gasteiger partial charge is 0.455 e. The molecule has 124 valence electrons. The number of para-hydroxylation sites is 1. The maximum Gasteiger partial charge on any atom is 0.258 e. The van der Waals surface area contributed by atoms with Gasteiger partial charge in [0, 0.05) is 18.0 Å². The number of aromatic nitrogens is 1. The number of amides is 1. The van der Waals surface area contributed by atoms with Gasteiger partial charge in [-0.15, -0.1) is 11.3 Å². The number of nitrogens with zero attached hydrogens (tertiary/aromatic N) is 1. The molecule has 0 saturated heterocycles. The van der Waals surface area contributed by atoms with E-state index < -0.39 is 12.0 Å². The summed E-state index contributed by atoms with van der Waals surface area (Å²) in [5.74, 6) is 0.571. The van der Waals surface area contributed by atoms with Crippen LogP contribution in [0.4, 0.5) is 0 Å². The van der Waals surface area contributed by atoms with Gasteiger partial charge in [-0.25, -0.2) is 0 Å². The molecule has 0 bridgehead atoms. The predicted molar refractivity (Wildman–Crippen MR) is 91.5 cm³/mol. The van der Waals surface area contributed by atoms with Gasteiger partial charge >= 0.3 is 0 Å². The predicted octanol–water partition coefficient (Wildman–Crippen LogP) is 2.08. The van der Waals surface area contributed by atoms with Crippen LogP contribution in [-0.4, -0.2) is 33.8 Å². The average molecular weight is 344 g/mol. The zero-order valence-corrected chi connectivity index (χ0v) is 13.5. The van der Waals surface area contributed by atoms with Gasteiger partial charge < -0.3 is 20.7 Å². The third-order valence-electron chi connectivity index (χ3n) is 3.51. The summed E-state index contributed by atoms with van der Waals surface area (Å²) in [6.07, 6.45) is 2.64. The standard InChI is InChI=1S/C17H16N2O4S/c18-17(22)15-6-12-14(7-19-8-16(12)24-15)23-13-4-2-1-3-10(13)5-11(21)9-20/h1-4,6-8,11,20-21H,5,9H2,(H2,18,22). The van der Waals surface area contributed by atoms with E-state index in [9.17, 15) is 9.90 Å². The summed E-state index contributed by atoms with van der Waals surface area (Å²) in [7, 11) is 0. The molecule has 0 aliphatic carbocycles. The van der Waals surface area contributed by atoms with E-state index in [2.05, 4.69) is 4.98 Å². The number of thiophene rings is 1. The quantitative estimate of drug-likeness (QED) is 0.635. The molecule has 0 spiro atoms. The fourth-order valence-electron chi connectivity index (χ4n) is 2.35. The third-order valence-corrected chi connectivity index (χ3v) is 4.60. The van der Waals surface area contributed by atoms with Gasteiger partial charge in [0.25, 0.3) is 5.91 Å². The van der Waals surface area contributed by atoms with Crippen molar-refractivity contribution in [2.45, 2.75) is 12.5 Å². The van der Waals surface area contributed by atoms with E-state index in [0.29, 0.717) is 16.4 Å². The number of nitrogens with two attached hydrogens (primary N) is 1. The Balaban J connectivity index is 1.97. The van der Waals surface area contributed by atoms with Crippen LogP contribution >= 0.6 is 11.3 Å². The van der Waals surface area contributed by atoms with Gasteiger partial charge in [0.1, 0.15) is 5.75 Å². The molecule has 3 aromatic rings. The minimum Gasteiger partial charge on any atom is -0.455 e. The number of benzene rings is 1. The second-order valence-electron chi connectivity index (χ2n) is 5.27. The van der Waals surface area contributed by atoms with Crippen molar-refractivity contribution < 1.29 is 19.7 Å². The van der Waals surface area contributed by atoms with Crippen LogP contribution in [0.15, 0.2) is 42.7 Å². The summed E-state index contributed by atoms with van der Waals surface area (Å²) >= 11 is 1.26. The summed E-state index contributed by atoms with van der Waals surface area (Å²) in [4.78, 5) is 15.9. The van der Waals surface area contributed by atoms with Crippen molar-refractivity contribution in [2.75, 3.05) is 6.61 Å². The Bertz CT molecular complexity index is 878. The minimum atomic E-state index is -0.855. The van der Waals surface area contributed by atoms with Crippen LogP contribution in [0.3, 0.4) is 0 Å². The lowest BCUT2D eigenvalue weighted by Crippen LogP contribution is -2.15. The molecule has 1 atom stereocenters. The van der Waals surface area contributed by atoms with E-state index in [4.69, 9.17) is 15.6 Å². The van der Waals surface area contributed by atoms with E-state index in [-0.39, 0.29) is 13.0 Å². The number of hydrogen-bond acceptors (Lipinski definition) is 6. The summed E-state index contributed by atoms with van der Waals surface area (Å²) < 4.78 is 6.76. The molecule has 6 nitrogen and oxygen atoms in total. The van der Waals surface area contributed by atoms with E-state index in [0.717, 1.165) is 15.6 Å². The first-order chi connectivity index (χ1) is 11.6. The van der Waals surface area contributed by atoms with Crippen LogP contribution in [0.1, 0.15) is 15.2 Å². The number of primary amides is 1. The summed E-state index contributed by atoms with van der Waals surface area (Å²) in [6.45, 7) is -0.321. The van der Waals surface area contributed by atoms with Crippen molar-refractivity contribution in [3.8, 4) is 11.5 Å². The lowest BCUT2D eigenvalue weighted by molar-refractivity contribution is 0.0951. The second kappa shape index (κ2) is 6.96. The zero-order chi connectivity index (χ0) is 17.1. The fraction of sp³-hybridized carbons (Fsp3) is 0.176. The number of rotatable bonds is 6. The number of pyridine rings is 1. The van der Waals surface area contributed by atoms with Crippen molar-refractivity contribution in [2.24, 2.45) is 5.73 Å². The Labute approximate surface area is 142 Å². The van der Waals surface area contributed by atoms with Crippen molar-refractivity contribution in [1.82, 2.24) is 4.98 Å². The van der Waals surface area contributed by atoms with Gasteiger partial charge in [-0.05, 0) is 17.7 Å². The first-order valence-corrected chi connectivity index (χ1v) is 8.12. The highest BCUT2D eigenvalue weighted by molar-refractivity contribution is 7.20. The molecule has 2 heterocycles. The van der Waals surface area contributed by atoms with Crippen molar-refractivity contribution >= 4 is 27.3 Å².